The Kier molecular flexibility index (Phi) is 5.66. The number of ether oxygens (including phenoxy) is 1. The summed E-state index contributed by atoms with van der Waals surface area (Å²) in [6, 6.07) is 7.35. The molecule has 9 heteroatoms. The van der Waals surface area contributed by atoms with E-state index in [9.17, 15) is 8.42 Å². The number of sulfonamides is 1. The summed E-state index contributed by atoms with van der Waals surface area (Å²) >= 11 is 0. The molecule has 8 nitrogen and oxygen atoms in total. The normalized spacial score (nSPS) is 17.9. The summed E-state index contributed by atoms with van der Waals surface area (Å²) in [5.41, 5.74) is 1.53. The topological polar surface area (TPSA) is 90.5 Å². The molecule has 0 saturated carbocycles. The van der Waals surface area contributed by atoms with Crippen LogP contribution in [0.2, 0.25) is 0 Å². The van der Waals surface area contributed by atoms with Gasteiger partial charge in [-0.25, -0.2) is 13.4 Å². The van der Waals surface area contributed by atoms with Gasteiger partial charge in [0.05, 0.1) is 19.0 Å². The Labute approximate surface area is 176 Å². The molecule has 0 spiro atoms. The molecule has 0 amide bonds. The molecule has 0 unspecified atom stereocenters. The third-order valence-electron chi connectivity index (χ3n) is 5.38. The van der Waals surface area contributed by atoms with E-state index in [1.807, 2.05) is 24.3 Å². The zero-order valence-corrected chi connectivity index (χ0v) is 18.2. The van der Waals surface area contributed by atoms with E-state index in [1.54, 1.807) is 33.5 Å². The molecule has 1 fully saturated rings. The fraction of sp³-hybridized carbons (Fsp3) is 0.429. The van der Waals surface area contributed by atoms with Gasteiger partial charge in [-0.05, 0) is 37.5 Å². The first-order valence-electron chi connectivity index (χ1n) is 9.98. The van der Waals surface area contributed by atoms with Crippen LogP contribution in [0.4, 0.5) is 0 Å². The largest absolute Gasteiger partial charge is 0.497 e. The van der Waals surface area contributed by atoms with Gasteiger partial charge in [-0.15, -0.1) is 0 Å². The second-order valence-electron chi connectivity index (χ2n) is 7.57. The molecule has 4 rings (SSSR count). The molecule has 1 aromatic carbocycles. The highest BCUT2D eigenvalue weighted by Gasteiger charge is 2.38. The molecule has 1 atom stereocenters. The van der Waals surface area contributed by atoms with E-state index in [2.05, 4.69) is 10.1 Å². The van der Waals surface area contributed by atoms with Gasteiger partial charge in [0, 0.05) is 26.2 Å². The number of aromatic nitrogens is 3. The second kappa shape index (κ2) is 8.23. The van der Waals surface area contributed by atoms with E-state index in [-0.39, 0.29) is 4.90 Å². The summed E-state index contributed by atoms with van der Waals surface area (Å²) in [5.74, 6) is 1.92. The van der Waals surface area contributed by atoms with Crippen molar-refractivity contribution in [2.75, 3.05) is 13.7 Å². The van der Waals surface area contributed by atoms with E-state index in [1.165, 1.54) is 8.99 Å². The number of methoxy groups -OCH3 is 1. The molecule has 3 aromatic rings. The number of benzene rings is 1. The van der Waals surface area contributed by atoms with Crippen LogP contribution in [0.15, 0.2) is 46.0 Å². The minimum atomic E-state index is -3.69. The molecule has 0 bridgehead atoms. The standard InChI is InChI=1S/C21H26N4O4S/c1-15-20(14-24(2)23-15)30(26,27)25-10-5-4-9-19(25)21-22-13-18(29-21)12-16-7-6-8-17(11-16)28-3/h6-8,11,13-14,19H,4-5,9-10,12H2,1-3H3/t19-/m0/s1. The SMILES string of the molecule is COc1cccc(Cc2cnc([C@@H]3CCCCN3S(=O)(=O)c3cn(C)nc3C)o2)c1. The lowest BCUT2D eigenvalue weighted by atomic mass is 10.1. The van der Waals surface area contributed by atoms with Crippen LogP contribution >= 0.6 is 0 Å². The maximum absolute atomic E-state index is 13.4. The lowest BCUT2D eigenvalue weighted by molar-refractivity contribution is 0.216. The van der Waals surface area contributed by atoms with Gasteiger partial charge in [0.2, 0.25) is 15.9 Å². The minimum absolute atomic E-state index is 0.236. The van der Waals surface area contributed by atoms with E-state index >= 15 is 0 Å². The highest BCUT2D eigenvalue weighted by molar-refractivity contribution is 7.89. The van der Waals surface area contributed by atoms with Crippen LogP contribution in [-0.2, 0) is 23.5 Å². The highest BCUT2D eigenvalue weighted by Crippen LogP contribution is 2.36. The fourth-order valence-corrected chi connectivity index (χ4v) is 5.79. The van der Waals surface area contributed by atoms with Gasteiger partial charge in [-0.1, -0.05) is 18.6 Å². The summed E-state index contributed by atoms with van der Waals surface area (Å²) in [6.07, 6.45) is 6.22. The molecule has 0 radical (unpaired) electrons. The molecular weight excluding hydrogens is 404 g/mol. The zero-order chi connectivity index (χ0) is 21.3. The van der Waals surface area contributed by atoms with Crippen molar-refractivity contribution in [3.63, 3.8) is 0 Å². The molecule has 0 aliphatic carbocycles. The van der Waals surface area contributed by atoms with E-state index in [0.717, 1.165) is 24.2 Å². The summed E-state index contributed by atoms with van der Waals surface area (Å²) in [6.45, 7) is 2.15. The number of hydrogen-bond donors (Lipinski definition) is 0. The van der Waals surface area contributed by atoms with Gasteiger partial charge < -0.3 is 9.15 Å². The van der Waals surface area contributed by atoms with Crippen molar-refractivity contribution in [1.82, 2.24) is 19.1 Å². The minimum Gasteiger partial charge on any atom is -0.497 e. The fourth-order valence-electron chi connectivity index (χ4n) is 3.94. The predicted octanol–water partition coefficient (Wildman–Crippen LogP) is 3.23. The first kappa shape index (κ1) is 20.6. The first-order chi connectivity index (χ1) is 14.4. The second-order valence-corrected chi connectivity index (χ2v) is 9.43. The highest BCUT2D eigenvalue weighted by atomic mass is 32.2. The monoisotopic (exact) mass is 430 g/mol. The molecule has 2 aromatic heterocycles. The molecule has 3 heterocycles. The van der Waals surface area contributed by atoms with Gasteiger partial charge in [0.15, 0.2) is 0 Å². The van der Waals surface area contributed by atoms with Crippen molar-refractivity contribution in [1.29, 1.82) is 0 Å². The lowest BCUT2D eigenvalue weighted by Crippen LogP contribution is -2.38. The third-order valence-corrected chi connectivity index (χ3v) is 7.39. The predicted molar refractivity (Wildman–Crippen MR) is 111 cm³/mol. The van der Waals surface area contributed by atoms with E-state index in [4.69, 9.17) is 9.15 Å². The van der Waals surface area contributed by atoms with Gasteiger partial charge in [-0.3, -0.25) is 4.68 Å². The van der Waals surface area contributed by atoms with Crippen LogP contribution < -0.4 is 4.74 Å². The number of rotatable bonds is 6. The first-order valence-corrected chi connectivity index (χ1v) is 11.4. The van der Waals surface area contributed by atoms with Crippen molar-refractivity contribution in [3.8, 4) is 5.75 Å². The number of hydrogen-bond acceptors (Lipinski definition) is 6. The van der Waals surface area contributed by atoms with Gasteiger partial charge in [0.1, 0.15) is 22.4 Å². The average Bonchev–Trinajstić information content (AvgIpc) is 3.34. The molecule has 0 N–H and O–H groups in total. The Hall–Kier alpha value is -2.65. The maximum atomic E-state index is 13.4. The summed E-state index contributed by atoms with van der Waals surface area (Å²) in [4.78, 5) is 4.67. The molecule has 30 heavy (non-hydrogen) atoms. The smallest absolute Gasteiger partial charge is 0.247 e. The molecular formula is C21H26N4O4S. The molecule has 160 valence electrons. The number of oxazole rings is 1. The summed E-state index contributed by atoms with van der Waals surface area (Å²) < 4.78 is 41.1. The van der Waals surface area contributed by atoms with Crippen molar-refractivity contribution in [2.24, 2.45) is 7.05 Å². The van der Waals surface area contributed by atoms with Crippen LogP contribution in [0.5, 0.6) is 5.75 Å². The third kappa shape index (κ3) is 3.99. The van der Waals surface area contributed by atoms with Crippen molar-refractivity contribution in [3.05, 3.63) is 59.6 Å². The maximum Gasteiger partial charge on any atom is 0.247 e. The number of aryl methyl sites for hydroxylation is 2. The van der Waals surface area contributed by atoms with Crippen LogP contribution in [0.25, 0.3) is 0 Å². The van der Waals surface area contributed by atoms with Crippen LogP contribution in [-0.4, -0.2) is 41.1 Å². The van der Waals surface area contributed by atoms with E-state index in [0.29, 0.717) is 36.7 Å². The summed E-state index contributed by atoms with van der Waals surface area (Å²) in [7, 11) is -0.341. The Balaban J connectivity index is 1.60. The quantitative estimate of drug-likeness (QED) is 0.596. The Bertz CT molecular complexity index is 1140. The van der Waals surface area contributed by atoms with Gasteiger partial charge in [0.25, 0.3) is 0 Å². The van der Waals surface area contributed by atoms with Crippen LogP contribution in [0.3, 0.4) is 0 Å². The zero-order valence-electron chi connectivity index (χ0n) is 17.4. The van der Waals surface area contributed by atoms with Crippen molar-refractivity contribution < 1.29 is 17.6 Å². The Morgan fingerprint density at radius 3 is 2.87 bits per heavy atom. The van der Waals surface area contributed by atoms with Gasteiger partial charge >= 0.3 is 0 Å². The number of nitrogens with zero attached hydrogens (tertiary/aromatic N) is 4. The Morgan fingerprint density at radius 2 is 2.13 bits per heavy atom. The molecule has 1 saturated heterocycles. The van der Waals surface area contributed by atoms with Crippen LogP contribution in [0.1, 0.15) is 48.2 Å². The van der Waals surface area contributed by atoms with Crippen molar-refractivity contribution in [2.45, 2.75) is 43.5 Å². The number of piperidine rings is 1. The summed E-state index contributed by atoms with van der Waals surface area (Å²) in [5, 5.41) is 4.20. The van der Waals surface area contributed by atoms with E-state index < -0.39 is 16.1 Å². The average molecular weight is 431 g/mol. The van der Waals surface area contributed by atoms with Gasteiger partial charge in [-0.2, -0.15) is 9.40 Å². The lowest BCUT2D eigenvalue weighted by Gasteiger charge is -2.32. The molecule has 1 aliphatic rings. The van der Waals surface area contributed by atoms with Crippen LogP contribution in [0, 0.1) is 6.92 Å². The van der Waals surface area contributed by atoms with Crippen molar-refractivity contribution >= 4 is 10.0 Å². The Morgan fingerprint density at radius 1 is 1.30 bits per heavy atom. The molecule has 1 aliphatic heterocycles.